The van der Waals surface area contributed by atoms with Crippen LogP contribution in [-0.4, -0.2) is 29.7 Å². The van der Waals surface area contributed by atoms with Gasteiger partial charge in [-0.2, -0.15) is 0 Å². The molecule has 1 aliphatic rings. The van der Waals surface area contributed by atoms with Crippen molar-refractivity contribution >= 4 is 5.91 Å². The van der Waals surface area contributed by atoms with Gasteiger partial charge in [0.05, 0.1) is 17.1 Å². The first-order valence-corrected chi connectivity index (χ1v) is 6.24. The van der Waals surface area contributed by atoms with Crippen LogP contribution in [0.1, 0.15) is 48.0 Å². The topological polar surface area (TPSA) is 64.3 Å². The molecule has 0 spiro atoms. The largest absolute Gasteiger partial charge is 0.376 e. The van der Waals surface area contributed by atoms with Crippen molar-refractivity contribution in [2.75, 3.05) is 6.61 Å². The Hall–Kier alpha value is -0.610. The summed E-state index contributed by atoms with van der Waals surface area (Å²) in [5.41, 5.74) is 4.62. The number of ether oxygens (including phenoxy) is 1. The molecule has 17 heavy (non-hydrogen) atoms. The Balaban J connectivity index is 2.79. The average Bonchev–Trinajstić information content (AvgIpc) is 2.44. The van der Waals surface area contributed by atoms with Crippen LogP contribution in [-0.2, 0) is 9.53 Å². The number of amides is 1. The molecule has 4 heteroatoms. The molecule has 0 aromatic rings. The Kier molecular flexibility index (Phi) is 3.61. The van der Waals surface area contributed by atoms with Crippen molar-refractivity contribution in [1.82, 2.24) is 5.32 Å². The molecule has 0 bridgehead atoms. The molecule has 0 radical (unpaired) electrons. The summed E-state index contributed by atoms with van der Waals surface area (Å²) in [5.74, 6) is -0.00940. The van der Waals surface area contributed by atoms with Crippen molar-refractivity contribution in [3.05, 3.63) is 0 Å². The second kappa shape index (κ2) is 4.25. The highest BCUT2D eigenvalue weighted by atomic mass is 16.5. The molecule has 1 heterocycles. The number of nitrogens with one attached hydrogen (secondary N) is 1. The van der Waals surface area contributed by atoms with Crippen LogP contribution in [0.25, 0.3) is 0 Å². The van der Waals surface area contributed by atoms with E-state index in [0.29, 0.717) is 6.61 Å². The number of nitrogens with two attached hydrogens (primary N) is 1. The molecule has 3 N–H and O–H groups in total. The maximum Gasteiger partial charge on any atom is 0.228 e. The second-order valence-electron chi connectivity index (χ2n) is 6.48. The van der Waals surface area contributed by atoms with Crippen molar-refractivity contribution in [2.45, 2.75) is 65.1 Å². The van der Waals surface area contributed by atoms with Crippen LogP contribution < -0.4 is 11.1 Å². The first-order valence-electron chi connectivity index (χ1n) is 6.24. The van der Waals surface area contributed by atoms with Gasteiger partial charge < -0.3 is 15.8 Å². The summed E-state index contributed by atoms with van der Waals surface area (Å²) in [6.45, 7) is 12.2. The Morgan fingerprint density at radius 1 is 1.41 bits per heavy atom. The summed E-state index contributed by atoms with van der Waals surface area (Å²) in [4.78, 5) is 12.4. The lowest BCUT2D eigenvalue weighted by Gasteiger charge is -2.40. The summed E-state index contributed by atoms with van der Waals surface area (Å²) in [7, 11) is 0. The van der Waals surface area contributed by atoms with Crippen LogP contribution in [0, 0.1) is 5.41 Å². The summed E-state index contributed by atoms with van der Waals surface area (Å²) in [6, 6.07) is 0. The molecule has 1 saturated heterocycles. The molecule has 1 aliphatic heterocycles. The summed E-state index contributed by atoms with van der Waals surface area (Å²) in [5, 5.41) is 3.11. The number of hydrogen-bond donors (Lipinski definition) is 2. The SMILES string of the molecule is CC1OCCC1(C)NC(=O)C(C)(C)C(C)(C)N. The first-order chi connectivity index (χ1) is 7.51. The fourth-order valence-electron chi connectivity index (χ4n) is 1.71. The van der Waals surface area contributed by atoms with E-state index in [4.69, 9.17) is 10.5 Å². The van der Waals surface area contributed by atoms with E-state index in [1.165, 1.54) is 0 Å². The maximum absolute atomic E-state index is 12.4. The van der Waals surface area contributed by atoms with Crippen LogP contribution >= 0.6 is 0 Å². The van der Waals surface area contributed by atoms with E-state index in [9.17, 15) is 4.79 Å². The fraction of sp³-hybridized carbons (Fsp3) is 0.923. The molecule has 4 nitrogen and oxygen atoms in total. The van der Waals surface area contributed by atoms with Crippen molar-refractivity contribution < 1.29 is 9.53 Å². The first kappa shape index (κ1) is 14.5. The monoisotopic (exact) mass is 242 g/mol. The minimum atomic E-state index is -0.613. The highest BCUT2D eigenvalue weighted by Crippen LogP contribution is 2.32. The number of carbonyl (C=O) groups is 1. The lowest BCUT2D eigenvalue weighted by atomic mass is 9.74. The van der Waals surface area contributed by atoms with E-state index in [1.807, 2.05) is 41.5 Å². The molecule has 0 saturated carbocycles. The minimum Gasteiger partial charge on any atom is -0.376 e. The number of hydrogen-bond acceptors (Lipinski definition) is 3. The lowest BCUT2D eigenvalue weighted by Crippen LogP contribution is -2.61. The Morgan fingerprint density at radius 3 is 2.29 bits per heavy atom. The van der Waals surface area contributed by atoms with Crippen molar-refractivity contribution in [3.63, 3.8) is 0 Å². The molecule has 0 aromatic heterocycles. The maximum atomic E-state index is 12.4. The summed E-state index contributed by atoms with van der Waals surface area (Å²) < 4.78 is 5.52. The van der Waals surface area contributed by atoms with Crippen molar-refractivity contribution in [1.29, 1.82) is 0 Å². The third-order valence-corrected chi connectivity index (χ3v) is 4.46. The van der Waals surface area contributed by atoms with Crippen LogP contribution in [0.15, 0.2) is 0 Å². The standard InChI is InChI=1S/C13H26N2O2/c1-9-13(6,7-8-17-9)15-10(16)11(2,3)12(4,5)14/h9H,7-8,14H2,1-6H3,(H,15,16). The zero-order valence-electron chi connectivity index (χ0n) is 11.9. The van der Waals surface area contributed by atoms with Crippen molar-refractivity contribution in [3.8, 4) is 0 Å². The van der Waals surface area contributed by atoms with Gasteiger partial charge in [-0.15, -0.1) is 0 Å². The van der Waals surface area contributed by atoms with E-state index < -0.39 is 11.0 Å². The van der Waals surface area contributed by atoms with Crippen LogP contribution in [0.3, 0.4) is 0 Å². The zero-order valence-corrected chi connectivity index (χ0v) is 11.9. The fourth-order valence-corrected chi connectivity index (χ4v) is 1.71. The zero-order chi connectivity index (χ0) is 13.5. The van der Waals surface area contributed by atoms with Gasteiger partial charge in [0, 0.05) is 12.1 Å². The molecule has 1 rings (SSSR count). The predicted octanol–water partition coefficient (Wildman–Crippen LogP) is 1.43. The third kappa shape index (κ3) is 2.63. The molecular formula is C13H26N2O2. The summed E-state index contributed by atoms with van der Waals surface area (Å²) in [6.07, 6.45) is 0.893. The smallest absolute Gasteiger partial charge is 0.228 e. The van der Waals surface area contributed by atoms with Crippen LogP contribution in [0.5, 0.6) is 0 Å². The lowest BCUT2D eigenvalue weighted by molar-refractivity contribution is -0.134. The normalized spacial score (nSPS) is 30.4. The molecular weight excluding hydrogens is 216 g/mol. The van der Waals surface area contributed by atoms with Crippen molar-refractivity contribution in [2.24, 2.45) is 11.1 Å². The van der Waals surface area contributed by atoms with E-state index >= 15 is 0 Å². The molecule has 1 amide bonds. The van der Waals surface area contributed by atoms with E-state index in [0.717, 1.165) is 6.42 Å². The van der Waals surface area contributed by atoms with E-state index in [1.54, 1.807) is 0 Å². The Labute approximate surface area is 104 Å². The summed E-state index contributed by atoms with van der Waals surface area (Å²) >= 11 is 0. The molecule has 2 unspecified atom stereocenters. The highest BCUT2D eigenvalue weighted by molar-refractivity contribution is 5.84. The molecule has 0 aliphatic carbocycles. The second-order valence-corrected chi connectivity index (χ2v) is 6.48. The van der Waals surface area contributed by atoms with Gasteiger partial charge in [0.25, 0.3) is 0 Å². The van der Waals surface area contributed by atoms with Gasteiger partial charge in [0.1, 0.15) is 0 Å². The van der Waals surface area contributed by atoms with Crippen LogP contribution in [0.4, 0.5) is 0 Å². The molecule has 100 valence electrons. The highest BCUT2D eigenvalue weighted by Gasteiger charge is 2.45. The van der Waals surface area contributed by atoms with Gasteiger partial charge in [0.2, 0.25) is 5.91 Å². The van der Waals surface area contributed by atoms with Gasteiger partial charge >= 0.3 is 0 Å². The molecule has 2 atom stereocenters. The Bertz CT molecular complexity index is 307. The van der Waals surface area contributed by atoms with E-state index in [-0.39, 0.29) is 17.6 Å². The van der Waals surface area contributed by atoms with Gasteiger partial charge in [-0.05, 0) is 48.0 Å². The van der Waals surface area contributed by atoms with Gasteiger partial charge in [-0.3, -0.25) is 4.79 Å². The van der Waals surface area contributed by atoms with Gasteiger partial charge in [-0.25, -0.2) is 0 Å². The van der Waals surface area contributed by atoms with Crippen LogP contribution in [0.2, 0.25) is 0 Å². The third-order valence-electron chi connectivity index (χ3n) is 4.46. The number of carbonyl (C=O) groups excluding carboxylic acids is 1. The van der Waals surface area contributed by atoms with Gasteiger partial charge in [-0.1, -0.05) is 0 Å². The predicted molar refractivity (Wildman–Crippen MR) is 68.6 cm³/mol. The van der Waals surface area contributed by atoms with E-state index in [2.05, 4.69) is 5.32 Å². The Morgan fingerprint density at radius 2 is 1.94 bits per heavy atom. The quantitative estimate of drug-likeness (QED) is 0.787. The number of rotatable bonds is 3. The average molecular weight is 242 g/mol. The minimum absolute atomic E-state index is 0.00940. The molecule has 0 aromatic carbocycles. The molecule has 1 fully saturated rings. The van der Waals surface area contributed by atoms with Gasteiger partial charge in [0.15, 0.2) is 0 Å².